The van der Waals surface area contributed by atoms with Crippen molar-refractivity contribution in [1.82, 2.24) is 10.0 Å². The second kappa shape index (κ2) is 9.86. The molecule has 2 amide bonds. The Morgan fingerprint density at radius 2 is 1.53 bits per heavy atom. The number of hydrogen-bond acceptors (Lipinski definition) is 4. The van der Waals surface area contributed by atoms with E-state index < -0.39 is 15.6 Å². The highest BCUT2D eigenvalue weighted by Crippen LogP contribution is 2.14. The number of nitrogens with one attached hydrogen (secondary N) is 3. The number of amides is 2. The molecule has 0 radical (unpaired) electrons. The Labute approximate surface area is 178 Å². The quantitative estimate of drug-likeness (QED) is 0.595. The molecule has 0 aliphatic rings. The van der Waals surface area contributed by atoms with E-state index in [4.69, 9.17) is 0 Å². The summed E-state index contributed by atoms with van der Waals surface area (Å²) in [6.07, 6.45) is 1.26. The summed E-state index contributed by atoms with van der Waals surface area (Å²) < 4.78 is 27.2. The molecule has 0 aliphatic heterocycles. The number of rotatable bonds is 8. The standard InChI is InChI=1S/C22H29N3O4S/c1-5-6-20(26)24-18-11-7-16(8-12-18)15-23-21(27)17-9-13-19(14-10-17)30(28,29)25-22(2,3)4/h7-14,25H,5-6,15H2,1-4H3,(H,23,27)(H,24,26). The van der Waals surface area contributed by atoms with Crippen molar-refractivity contribution in [2.24, 2.45) is 0 Å². The molecule has 2 rings (SSSR count). The Morgan fingerprint density at radius 3 is 2.07 bits per heavy atom. The molecule has 0 bridgehead atoms. The first-order valence-electron chi connectivity index (χ1n) is 9.81. The molecule has 0 aromatic heterocycles. The zero-order valence-electron chi connectivity index (χ0n) is 17.8. The minimum Gasteiger partial charge on any atom is -0.348 e. The van der Waals surface area contributed by atoms with Crippen LogP contribution in [0.4, 0.5) is 5.69 Å². The lowest BCUT2D eigenvalue weighted by Gasteiger charge is -2.20. The number of sulfonamides is 1. The minimum atomic E-state index is -3.64. The first-order valence-corrected chi connectivity index (χ1v) is 11.3. The van der Waals surface area contributed by atoms with Crippen molar-refractivity contribution in [3.63, 3.8) is 0 Å². The van der Waals surface area contributed by atoms with Crippen LogP contribution in [0.1, 0.15) is 56.5 Å². The van der Waals surface area contributed by atoms with Crippen molar-refractivity contribution in [3.05, 3.63) is 59.7 Å². The lowest BCUT2D eigenvalue weighted by molar-refractivity contribution is -0.116. The van der Waals surface area contributed by atoms with Crippen molar-refractivity contribution in [1.29, 1.82) is 0 Å². The summed E-state index contributed by atoms with van der Waals surface area (Å²) in [5.74, 6) is -0.329. The van der Waals surface area contributed by atoms with Gasteiger partial charge in [-0.25, -0.2) is 13.1 Å². The van der Waals surface area contributed by atoms with Crippen LogP contribution in [0.5, 0.6) is 0 Å². The lowest BCUT2D eigenvalue weighted by Crippen LogP contribution is -2.40. The van der Waals surface area contributed by atoms with E-state index in [0.717, 1.165) is 12.0 Å². The van der Waals surface area contributed by atoms with Gasteiger partial charge in [-0.3, -0.25) is 9.59 Å². The normalized spacial score (nSPS) is 11.7. The molecule has 0 saturated carbocycles. The Morgan fingerprint density at radius 1 is 0.933 bits per heavy atom. The van der Waals surface area contributed by atoms with Crippen LogP contribution in [0, 0.1) is 0 Å². The van der Waals surface area contributed by atoms with E-state index in [9.17, 15) is 18.0 Å². The smallest absolute Gasteiger partial charge is 0.251 e. The molecule has 0 fully saturated rings. The Balaban J connectivity index is 1.94. The average molecular weight is 432 g/mol. The Hall–Kier alpha value is -2.71. The van der Waals surface area contributed by atoms with Crippen LogP contribution in [-0.2, 0) is 21.4 Å². The highest BCUT2D eigenvalue weighted by Gasteiger charge is 2.22. The molecule has 0 heterocycles. The van der Waals surface area contributed by atoms with E-state index in [-0.39, 0.29) is 16.7 Å². The molecule has 2 aromatic carbocycles. The van der Waals surface area contributed by atoms with Gasteiger partial charge in [0.15, 0.2) is 0 Å². The summed E-state index contributed by atoms with van der Waals surface area (Å²) in [6.45, 7) is 7.54. The fourth-order valence-electron chi connectivity index (χ4n) is 2.69. The first-order chi connectivity index (χ1) is 14.0. The maximum atomic E-state index is 12.4. The predicted molar refractivity (Wildman–Crippen MR) is 118 cm³/mol. The van der Waals surface area contributed by atoms with E-state index in [2.05, 4.69) is 15.4 Å². The fourth-order valence-corrected chi connectivity index (χ4v) is 4.11. The van der Waals surface area contributed by atoms with Gasteiger partial charge in [-0.1, -0.05) is 19.1 Å². The van der Waals surface area contributed by atoms with Gasteiger partial charge in [0.1, 0.15) is 0 Å². The summed E-state index contributed by atoms with van der Waals surface area (Å²) in [4.78, 5) is 24.1. The van der Waals surface area contributed by atoms with Crippen molar-refractivity contribution in [3.8, 4) is 0 Å². The van der Waals surface area contributed by atoms with Gasteiger partial charge in [0.2, 0.25) is 15.9 Å². The Kier molecular flexibility index (Phi) is 7.75. The van der Waals surface area contributed by atoms with Gasteiger partial charge in [0, 0.05) is 29.8 Å². The monoisotopic (exact) mass is 431 g/mol. The second-order valence-electron chi connectivity index (χ2n) is 8.06. The van der Waals surface area contributed by atoms with Crippen molar-refractivity contribution >= 4 is 27.5 Å². The van der Waals surface area contributed by atoms with E-state index >= 15 is 0 Å². The van der Waals surface area contributed by atoms with E-state index in [1.165, 1.54) is 24.3 Å². The topological polar surface area (TPSA) is 104 Å². The zero-order valence-corrected chi connectivity index (χ0v) is 18.6. The maximum absolute atomic E-state index is 12.4. The number of carbonyl (C=O) groups excluding carboxylic acids is 2. The van der Waals surface area contributed by atoms with Crippen molar-refractivity contribution < 1.29 is 18.0 Å². The largest absolute Gasteiger partial charge is 0.348 e. The lowest BCUT2D eigenvalue weighted by atomic mass is 10.1. The number of anilines is 1. The average Bonchev–Trinajstić information content (AvgIpc) is 2.65. The third kappa shape index (κ3) is 7.27. The SMILES string of the molecule is CCCC(=O)Nc1ccc(CNC(=O)c2ccc(S(=O)(=O)NC(C)(C)C)cc2)cc1. The van der Waals surface area contributed by atoms with Crippen LogP contribution in [0.2, 0.25) is 0 Å². The van der Waals surface area contributed by atoms with Crippen LogP contribution >= 0.6 is 0 Å². The molecule has 3 N–H and O–H groups in total. The molecule has 0 atom stereocenters. The number of benzene rings is 2. The van der Waals surface area contributed by atoms with Crippen LogP contribution in [0.15, 0.2) is 53.4 Å². The molecule has 0 unspecified atom stereocenters. The van der Waals surface area contributed by atoms with Gasteiger partial charge >= 0.3 is 0 Å². The maximum Gasteiger partial charge on any atom is 0.251 e. The molecule has 0 spiro atoms. The molecule has 7 nitrogen and oxygen atoms in total. The van der Waals surface area contributed by atoms with Gasteiger partial charge in [-0.2, -0.15) is 0 Å². The van der Waals surface area contributed by atoms with Crippen molar-refractivity contribution in [2.45, 2.75) is 57.5 Å². The van der Waals surface area contributed by atoms with Crippen LogP contribution in [0.3, 0.4) is 0 Å². The minimum absolute atomic E-state index is 0.0262. The van der Waals surface area contributed by atoms with Gasteiger partial charge in [0.25, 0.3) is 5.91 Å². The van der Waals surface area contributed by atoms with Gasteiger partial charge in [-0.05, 0) is 69.2 Å². The molecule has 2 aromatic rings. The molecule has 162 valence electrons. The molecule has 8 heteroatoms. The van der Waals surface area contributed by atoms with Gasteiger partial charge < -0.3 is 10.6 Å². The van der Waals surface area contributed by atoms with Crippen LogP contribution < -0.4 is 15.4 Å². The van der Waals surface area contributed by atoms with E-state index in [1.807, 2.05) is 19.1 Å². The summed E-state index contributed by atoms with van der Waals surface area (Å²) in [5.41, 5.74) is 1.37. The summed E-state index contributed by atoms with van der Waals surface area (Å²) >= 11 is 0. The van der Waals surface area contributed by atoms with Gasteiger partial charge in [0.05, 0.1) is 4.90 Å². The van der Waals surface area contributed by atoms with Gasteiger partial charge in [-0.15, -0.1) is 0 Å². The molecule has 30 heavy (non-hydrogen) atoms. The third-order valence-corrected chi connectivity index (χ3v) is 5.81. The van der Waals surface area contributed by atoms with Crippen molar-refractivity contribution in [2.75, 3.05) is 5.32 Å². The molecular weight excluding hydrogens is 402 g/mol. The van der Waals surface area contributed by atoms with Crippen LogP contribution in [0.25, 0.3) is 0 Å². The summed E-state index contributed by atoms with van der Waals surface area (Å²) in [5, 5.41) is 5.61. The summed E-state index contributed by atoms with van der Waals surface area (Å²) in [6, 6.07) is 13.0. The fraction of sp³-hybridized carbons (Fsp3) is 0.364. The summed E-state index contributed by atoms with van der Waals surface area (Å²) in [7, 11) is -3.64. The predicted octanol–water partition coefficient (Wildman–Crippen LogP) is 3.43. The van der Waals surface area contributed by atoms with E-state index in [1.54, 1.807) is 32.9 Å². The third-order valence-electron chi connectivity index (χ3n) is 4.04. The number of carbonyl (C=O) groups is 2. The molecule has 0 saturated heterocycles. The van der Waals surface area contributed by atoms with Crippen LogP contribution in [-0.4, -0.2) is 25.8 Å². The highest BCUT2D eigenvalue weighted by molar-refractivity contribution is 7.89. The Bertz CT molecular complexity index is 977. The first kappa shape index (κ1) is 23.6. The second-order valence-corrected chi connectivity index (χ2v) is 9.74. The molecule has 0 aliphatic carbocycles. The number of hydrogen-bond donors (Lipinski definition) is 3. The molecular formula is C22H29N3O4S. The highest BCUT2D eigenvalue weighted by atomic mass is 32.2. The van der Waals surface area contributed by atoms with E-state index in [0.29, 0.717) is 24.2 Å². The zero-order chi connectivity index (χ0) is 22.4.